The van der Waals surface area contributed by atoms with Crippen LogP contribution in [0.5, 0.6) is 0 Å². The van der Waals surface area contributed by atoms with Crippen LogP contribution >= 0.6 is 0 Å². The normalized spacial score (nSPS) is 17.2. The Bertz CT molecular complexity index is 682. The fourth-order valence-electron chi connectivity index (χ4n) is 3.57. The number of halogens is 3. The van der Waals surface area contributed by atoms with Crippen LogP contribution in [0.25, 0.3) is 0 Å². The van der Waals surface area contributed by atoms with Crippen molar-refractivity contribution in [2.75, 3.05) is 31.5 Å². The standard InChI is InChI=1S/C20H28F3N3O2/c1-4-25(5-2)19(28)15-10-12-26(13-11-15)14(3)18(27)24-17-9-7-6-8-16(17)20(21,22)23/h6-9,14-15H,4-5,10-13H2,1-3H3,(H,24,27). The van der Waals surface area contributed by atoms with Crippen molar-refractivity contribution in [3.8, 4) is 0 Å². The van der Waals surface area contributed by atoms with Gasteiger partial charge in [0.15, 0.2) is 0 Å². The van der Waals surface area contributed by atoms with Gasteiger partial charge in [-0.1, -0.05) is 12.1 Å². The minimum Gasteiger partial charge on any atom is -0.343 e. The highest BCUT2D eigenvalue weighted by Crippen LogP contribution is 2.34. The predicted octanol–water partition coefficient (Wildman–Crippen LogP) is 3.61. The van der Waals surface area contributed by atoms with Gasteiger partial charge in [0.25, 0.3) is 0 Å². The molecule has 0 saturated carbocycles. The molecule has 1 atom stereocenters. The van der Waals surface area contributed by atoms with Gasteiger partial charge in [-0.05, 0) is 58.8 Å². The van der Waals surface area contributed by atoms with Gasteiger partial charge in [-0.15, -0.1) is 0 Å². The zero-order valence-electron chi connectivity index (χ0n) is 16.6. The number of nitrogens with one attached hydrogen (secondary N) is 1. The van der Waals surface area contributed by atoms with E-state index in [0.717, 1.165) is 6.07 Å². The Morgan fingerprint density at radius 2 is 1.75 bits per heavy atom. The van der Waals surface area contributed by atoms with Crippen molar-refractivity contribution in [3.63, 3.8) is 0 Å². The lowest BCUT2D eigenvalue weighted by atomic mass is 9.94. The van der Waals surface area contributed by atoms with Gasteiger partial charge < -0.3 is 10.2 Å². The zero-order chi connectivity index (χ0) is 20.9. The third-order valence-electron chi connectivity index (χ3n) is 5.37. The molecule has 2 amide bonds. The number of likely N-dealkylation sites (tertiary alicyclic amines) is 1. The van der Waals surface area contributed by atoms with Crippen LogP contribution in [0.2, 0.25) is 0 Å². The van der Waals surface area contributed by atoms with E-state index in [1.807, 2.05) is 23.6 Å². The third-order valence-corrected chi connectivity index (χ3v) is 5.37. The number of alkyl halides is 3. The average molecular weight is 399 g/mol. The summed E-state index contributed by atoms with van der Waals surface area (Å²) in [5, 5.41) is 2.41. The topological polar surface area (TPSA) is 52.7 Å². The number of rotatable bonds is 6. The number of carbonyl (C=O) groups excluding carboxylic acids is 2. The summed E-state index contributed by atoms with van der Waals surface area (Å²) < 4.78 is 39.3. The molecule has 1 saturated heterocycles. The smallest absolute Gasteiger partial charge is 0.343 e. The highest BCUT2D eigenvalue weighted by molar-refractivity contribution is 5.95. The molecule has 28 heavy (non-hydrogen) atoms. The second-order valence-corrected chi connectivity index (χ2v) is 7.03. The highest BCUT2D eigenvalue weighted by Gasteiger charge is 2.35. The number of piperidine rings is 1. The number of carbonyl (C=O) groups is 2. The fraction of sp³-hybridized carbons (Fsp3) is 0.600. The molecule has 1 unspecified atom stereocenters. The van der Waals surface area contributed by atoms with Crippen molar-refractivity contribution >= 4 is 17.5 Å². The maximum absolute atomic E-state index is 13.1. The Hall–Kier alpha value is -2.09. The van der Waals surface area contributed by atoms with Crippen LogP contribution in [-0.2, 0) is 15.8 Å². The summed E-state index contributed by atoms with van der Waals surface area (Å²) in [6.07, 6.45) is -3.24. The number of hydrogen-bond donors (Lipinski definition) is 1. The molecule has 1 aliphatic heterocycles. The molecule has 1 fully saturated rings. The van der Waals surface area contributed by atoms with Crippen LogP contribution in [0.1, 0.15) is 39.2 Å². The zero-order valence-corrected chi connectivity index (χ0v) is 16.6. The molecule has 5 nitrogen and oxygen atoms in total. The van der Waals surface area contributed by atoms with Crippen molar-refractivity contribution < 1.29 is 22.8 Å². The first-order chi connectivity index (χ1) is 13.2. The van der Waals surface area contributed by atoms with Crippen molar-refractivity contribution in [3.05, 3.63) is 29.8 Å². The van der Waals surface area contributed by atoms with E-state index in [1.54, 1.807) is 6.92 Å². The lowest BCUT2D eigenvalue weighted by molar-refractivity contribution is -0.137. The van der Waals surface area contributed by atoms with E-state index < -0.39 is 23.7 Å². The third kappa shape index (κ3) is 5.25. The van der Waals surface area contributed by atoms with E-state index in [1.165, 1.54) is 18.2 Å². The van der Waals surface area contributed by atoms with Gasteiger partial charge in [0, 0.05) is 19.0 Å². The predicted molar refractivity (Wildman–Crippen MR) is 102 cm³/mol. The summed E-state index contributed by atoms with van der Waals surface area (Å²) in [7, 11) is 0. The average Bonchev–Trinajstić information content (AvgIpc) is 2.68. The molecule has 0 aliphatic carbocycles. The molecular formula is C20H28F3N3O2. The maximum atomic E-state index is 13.1. The molecule has 0 aromatic heterocycles. The van der Waals surface area contributed by atoms with Gasteiger partial charge in [-0.3, -0.25) is 14.5 Å². The van der Waals surface area contributed by atoms with Gasteiger partial charge in [0.1, 0.15) is 0 Å². The molecule has 1 N–H and O–H groups in total. The molecule has 1 aromatic rings. The Morgan fingerprint density at radius 1 is 1.18 bits per heavy atom. The van der Waals surface area contributed by atoms with E-state index in [2.05, 4.69) is 5.32 Å². The lowest BCUT2D eigenvalue weighted by Crippen LogP contribution is -2.48. The molecule has 0 bridgehead atoms. The lowest BCUT2D eigenvalue weighted by Gasteiger charge is -2.36. The molecular weight excluding hydrogens is 371 g/mol. The van der Waals surface area contributed by atoms with Crippen LogP contribution in [0, 0.1) is 5.92 Å². The van der Waals surface area contributed by atoms with E-state index in [0.29, 0.717) is 39.0 Å². The number of hydrogen-bond acceptors (Lipinski definition) is 3. The number of anilines is 1. The highest BCUT2D eigenvalue weighted by atomic mass is 19.4. The van der Waals surface area contributed by atoms with Crippen molar-refractivity contribution in [2.24, 2.45) is 5.92 Å². The first kappa shape index (κ1) is 22.2. The van der Waals surface area contributed by atoms with Crippen molar-refractivity contribution in [1.29, 1.82) is 0 Å². The van der Waals surface area contributed by atoms with Gasteiger partial charge in [0.2, 0.25) is 11.8 Å². The minimum absolute atomic E-state index is 0.0580. The van der Waals surface area contributed by atoms with Crippen LogP contribution in [0.3, 0.4) is 0 Å². The first-order valence-corrected chi connectivity index (χ1v) is 9.68. The van der Waals surface area contributed by atoms with Gasteiger partial charge in [-0.25, -0.2) is 0 Å². The minimum atomic E-state index is -4.53. The Balaban J connectivity index is 1.96. The van der Waals surface area contributed by atoms with E-state index >= 15 is 0 Å². The van der Waals surface area contributed by atoms with Crippen LogP contribution in [0.15, 0.2) is 24.3 Å². The van der Waals surface area contributed by atoms with Crippen LogP contribution in [0.4, 0.5) is 18.9 Å². The summed E-state index contributed by atoms with van der Waals surface area (Å²) in [6, 6.07) is 4.37. The van der Waals surface area contributed by atoms with Crippen molar-refractivity contribution in [2.45, 2.75) is 45.8 Å². The molecule has 0 radical (unpaired) electrons. The maximum Gasteiger partial charge on any atom is 0.418 e. The Kier molecular flexibility index (Phi) is 7.46. The fourth-order valence-corrected chi connectivity index (χ4v) is 3.57. The van der Waals surface area contributed by atoms with Crippen LogP contribution < -0.4 is 5.32 Å². The summed E-state index contributed by atoms with van der Waals surface area (Å²) in [5.74, 6) is -0.400. The van der Waals surface area contributed by atoms with E-state index in [-0.39, 0.29) is 17.5 Å². The summed E-state index contributed by atoms with van der Waals surface area (Å²) >= 11 is 0. The molecule has 0 spiro atoms. The summed E-state index contributed by atoms with van der Waals surface area (Å²) in [4.78, 5) is 28.7. The van der Waals surface area contributed by atoms with Gasteiger partial charge >= 0.3 is 6.18 Å². The number of benzene rings is 1. The van der Waals surface area contributed by atoms with Crippen LogP contribution in [-0.4, -0.2) is 53.8 Å². The number of nitrogens with zero attached hydrogens (tertiary/aromatic N) is 2. The van der Waals surface area contributed by atoms with Gasteiger partial charge in [-0.2, -0.15) is 13.2 Å². The molecule has 2 rings (SSSR count). The molecule has 156 valence electrons. The summed E-state index contributed by atoms with van der Waals surface area (Å²) in [6.45, 7) is 8.04. The second kappa shape index (κ2) is 9.41. The molecule has 1 aromatic carbocycles. The second-order valence-electron chi connectivity index (χ2n) is 7.03. The number of para-hydroxylation sites is 1. The Morgan fingerprint density at radius 3 is 2.29 bits per heavy atom. The molecule has 1 heterocycles. The molecule has 8 heteroatoms. The molecule has 1 aliphatic rings. The number of amides is 2. The van der Waals surface area contributed by atoms with Gasteiger partial charge in [0.05, 0.1) is 17.3 Å². The quantitative estimate of drug-likeness (QED) is 0.795. The SMILES string of the molecule is CCN(CC)C(=O)C1CCN(C(C)C(=O)Nc2ccccc2C(F)(F)F)CC1. The summed E-state index contributed by atoms with van der Waals surface area (Å²) in [5.41, 5.74) is -1.10. The first-order valence-electron chi connectivity index (χ1n) is 9.68. The van der Waals surface area contributed by atoms with E-state index in [9.17, 15) is 22.8 Å². The van der Waals surface area contributed by atoms with E-state index in [4.69, 9.17) is 0 Å². The Labute approximate surface area is 163 Å². The largest absolute Gasteiger partial charge is 0.418 e. The monoisotopic (exact) mass is 399 g/mol. The van der Waals surface area contributed by atoms with Crippen molar-refractivity contribution in [1.82, 2.24) is 9.80 Å².